The van der Waals surface area contributed by atoms with Gasteiger partial charge in [-0.2, -0.15) is 0 Å². The summed E-state index contributed by atoms with van der Waals surface area (Å²) in [6.45, 7) is 3.90. The monoisotopic (exact) mass is 338 g/mol. The molecule has 4 nitrogen and oxygen atoms in total. The summed E-state index contributed by atoms with van der Waals surface area (Å²) >= 11 is 0. The van der Waals surface area contributed by atoms with Gasteiger partial charge in [-0.3, -0.25) is 4.79 Å². The van der Waals surface area contributed by atoms with Gasteiger partial charge in [0.25, 0.3) is 0 Å². The number of aryl methyl sites for hydroxylation is 1. The molecule has 5 heteroatoms. The first-order valence-corrected chi connectivity index (χ1v) is 8.09. The van der Waals surface area contributed by atoms with Crippen LogP contribution in [0.25, 0.3) is 11.5 Å². The van der Waals surface area contributed by atoms with Crippen LogP contribution in [0.2, 0.25) is 0 Å². The summed E-state index contributed by atoms with van der Waals surface area (Å²) in [5.41, 5.74) is 3.48. The zero-order chi connectivity index (χ0) is 17.8. The minimum absolute atomic E-state index is 0.0861. The number of ketones is 1. The number of hydrogen-bond donors (Lipinski definition) is 1. The van der Waals surface area contributed by atoms with Crippen molar-refractivity contribution < 1.29 is 13.6 Å². The maximum atomic E-state index is 13.8. The third-order valence-electron chi connectivity index (χ3n) is 3.91. The number of rotatable bonds is 6. The van der Waals surface area contributed by atoms with Gasteiger partial charge in [-0.05, 0) is 38.1 Å². The molecular formula is C20H19FN2O2. The molecule has 0 fully saturated rings. The summed E-state index contributed by atoms with van der Waals surface area (Å²) in [5, 5.41) is 3.10. The second-order valence-electron chi connectivity index (χ2n) is 5.91. The number of nitrogens with zero attached hydrogens (tertiary/aromatic N) is 1. The van der Waals surface area contributed by atoms with E-state index in [1.807, 2.05) is 31.2 Å². The van der Waals surface area contributed by atoms with Crippen LogP contribution in [0.15, 0.2) is 53.1 Å². The van der Waals surface area contributed by atoms with Crippen LogP contribution in [-0.2, 0) is 6.42 Å². The molecular weight excluding hydrogens is 319 g/mol. The summed E-state index contributed by atoms with van der Waals surface area (Å²) in [6, 6.07) is 12.5. The first-order valence-electron chi connectivity index (χ1n) is 8.09. The molecule has 1 N–H and O–H groups in total. The van der Waals surface area contributed by atoms with Crippen LogP contribution >= 0.6 is 0 Å². The van der Waals surface area contributed by atoms with Crippen LogP contribution in [0.4, 0.5) is 10.1 Å². The smallest absolute Gasteiger partial charge is 0.226 e. The van der Waals surface area contributed by atoms with Gasteiger partial charge in [-0.25, -0.2) is 9.37 Å². The molecule has 0 bridgehead atoms. The third kappa shape index (κ3) is 3.94. The van der Waals surface area contributed by atoms with Crippen molar-refractivity contribution in [3.8, 4) is 11.5 Å². The van der Waals surface area contributed by atoms with E-state index in [0.717, 1.165) is 11.3 Å². The number of oxazole rings is 1. The SMILES string of the molecule is CC(=O)c1c(F)cccc1NCCc1coc(-c2ccc(C)cc2)n1. The fraction of sp³-hybridized carbons (Fsp3) is 0.200. The number of anilines is 1. The van der Waals surface area contributed by atoms with E-state index in [0.29, 0.717) is 24.5 Å². The highest BCUT2D eigenvalue weighted by Crippen LogP contribution is 2.21. The first-order chi connectivity index (χ1) is 12.0. The van der Waals surface area contributed by atoms with E-state index in [1.165, 1.54) is 18.6 Å². The van der Waals surface area contributed by atoms with Gasteiger partial charge in [-0.15, -0.1) is 0 Å². The molecule has 0 aliphatic heterocycles. The van der Waals surface area contributed by atoms with Gasteiger partial charge < -0.3 is 9.73 Å². The van der Waals surface area contributed by atoms with Crippen LogP contribution in [0, 0.1) is 12.7 Å². The van der Waals surface area contributed by atoms with Crippen molar-refractivity contribution in [2.24, 2.45) is 0 Å². The molecule has 1 heterocycles. The lowest BCUT2D eigenvalue weighted by atomic mass is 10.1. The number of benzene rings is 2. The summed E-state index contributed by atoms with van der Waals surface area (Å²) in [6.07, 6.45) is 2.22. The van der Waals surface area contributed by atoms with E-state index in [9.17, 15) is 9.18 Å². The van der Waals surface area contributed by atoms with E-state index < -0.39 is 5.82 Å². The molecule has 0 saturated heterocycles. The Kier molecular flexibility index (Phi) is 4.93. The van der Waals surface area contributed by atoms with Crippen molar-refractivity contribution >= 4 is 11.5 Å². The largest absolute Gasteiger partial charge is 0.444 e. The molecule has 0 saturated carbocycles. The number of carbonyl (C=O) groups excluding carboxylic acids is 1. The Morgan fingerprint density at radius 2 is 1.96 bits per heavy atom. The van der Waals surface area contributed by atoms with E-state index in [2.05, 4.69) is 10.3 Å². The predicted molar refractivity (Wildman–Crippen MR) is 95.3 cm³/mol. The number of carbonyl (C=O) groups is 1. The molecule has 0 spiro atoms. The van der Waals surface area contributed by atoms with Crippen molar-refractivity contribution in [1.82, 2.24) is 4.98 Å². The quantitative estimate of drug-likeness (QED) is 0.665. The maximum absolute atomic E-state index is 13.8. The molecule has 128 valence electrons. The zero-order valence-electron chi connectivity index (χ0n) is 14.2. The van der Waals surface area contributed by atoms with E-state index in [4.69, 9.17) is 4.42 Å². The highest BCUT2D eigenvalue weighted by molar-refractivity contribution is 5.99. The second kappa shape index (κ2) is 7.30. The fourth-order valence-electron chi connectivity index (χ4n) is 2.61. The van der Waals surface area contributed by atoms with Gasteiger partial charge >= 0.3 is 0 Å². The van der Waals surface area contributed by atoms with Crippen molar-refractivity contribution in [3.05, 3.63) is 71.4 Å². The van der Waals surface area contributed by atoms with Crippen molar-refractivity contribution in [2.75, 3.05) is 11.9 Å². The summed E-state index contributed by atoms with van der Waals surface area (Å²) < 4.78 is 19.3. The Bertz CT molecular complexity index is 885. The van der Waals surface area contributed by atoms with E-state index >= 15 is 0 Å². The number of aromatic nitrogens is 1. The maximum Gasteiger partial charge on any atom is 0.226 e. The third-order valence-corrected chi connectivity index (χ3v) is 3.91. The number of Topliss-reactive ketones (excluding diaryl/α,β-unsaturated/α-hetero) is 1. The molecule has 0 unspecified atom stereocenters. The summed E-state index contributed by atoms with van der Waals surface area (Å²) in [5.74, 6) is -0.241. The summed E-state index contributed by atoms with van der Waals surface area (Å²) in [4.78, 5) is 16.1. The highest BCUT2D eigenvalue weighted by Gasteiger charge is 2.13. The van der Waals surface area contributed by atoms with Crippen molar-refractivity contribution in [3.63, 3.8) is 0 Å². The topological polar surface area (TPSA) is 55.1 Å². The minimum Gasteiger partial charge on any atom is -0.444 e. The average Bonchev–Trinajstić information content (AvgIpc) is 3.04. The summed E-state index contributed by atoms with van der Waals surface area (Å²) in [7, 11) is 0. The van der Waals surface area contributed by atoms with Crippen LogP contribution in [0.1, 0.15) is 28.5 Å². The lowest BCUT2D eigenvalue weighted by molar-refractivity contribution is 0.101. The molecule has 0 amide bonds. The second-order valence-corrected chi connectivity index (χ2v) is 5.91. The molecule has 2 aromatic carbocycles. The van der Waals surface area contributed by atoms with Gasteiger partial charge in [0.1, 0.15) is 12.1 Å². The van der Waals surface area contributed by atoms with Crippen LogP contribution in [0.5, 0.6) is 0 Å². The Labute approximate surface area is 145 Å². The Balaban J connectivity index is 1.65. The van der Waals surface area contributed by atoms with E-state index in [1.54, 1.807) is 18.4 Å². The van der Waals surface area contributed by atoms with Gasteiger partial charge in [0, 0.05) is 24.2 Å². The Hall–Kier alpha value is -2.95. The van der Waals surface area contributed by atoms with Crippen LogP contribution in [-0.4, -0.2) is 17.3 Å². The van der Waals surface area contributed by atoms with Gasteiger partial charge in [0.2, 0.25) is 5.89 Å². The Morgan fingerprint density at radius 3 is 2.68 bits per heavy atom. The molecule has 3 aromatic rings. The standard InChI is InChI=1S/C20H19FN2O2/c1-13-6-8-15(9-7-13)20-23-16(12-25-20)10-11-22-18-5-3-4-17(21)19(18)14(2)24/h3-9,12,22H,10-11H2,1-2H3. The number of hydrogen-bond acceptors (Lipinski definition) is 4. The predicted octanol–water partition coefficient (Wildman–Crippen LogP) is 4.65. The zero-order valence-corrected chi connectivity index (χ0v) is 14.2. The Morgan fingerprint density at radius 1 is 1.20 bits per heavy atom. The molecule has 0 atom stereocenters. The van der Waals surface area contributed by atoms with Crippen molar-refractivity contribution in [1.29, 1.82) is 0 Å². The molecule has 0 aliphatic carbocycles. The molecule has 1 aromatic heterocycles. The van der Waals surface area contributed by atoms with Crippen LogP contribution in [0.3, 0.4) is 0 Å². The lowest BCUT2D eigenvalue weighted by Crippen LogP contribution is -2.10. The molecule has 0 aliphatic rings. The highest BCUT2D eigenvalue weighted by atomic mass is 19.1. The number of halogens is 1. The number of nitrogens with one attached hydrogen (secondary N) is 1. The van der Waals surface area contributed by atoms with Gasteiger partial charge in [0.05, 0.1) is 11.3 Å². The molecule has 0 radical (unpaired) electrons. The molecule has 3 rings (SSSR count). The van der Waals surface area contributed by atoms with Crippen molar-refractivity contribution in [2.45, 2.75) is 20.3 Å². The average molecular weight is 338 g/mol. The van der Waals surface area contributed by atoms with Crippen LogP contribution < -0.4 is 5.32 Å². The fourth-order valence-corrected chi connectivity index (χ4v) is 2.61. The van der Waals surface area contributed by atoms with E-state index in [-0.39, 0.29) is 11.3 Å². The lowest BCUT2D eigenvalue weighted by Gasteiger charge is -2.10. The molecule has 25 heavy (non-hydrogen) atoms. The van der Waals surface area contributed by atoms with Gasteiger partial charge in [-0.1, -0.05) is 23.8 Å². The minimum atomic E-state index is -0.513. The normalized spacial score (nSPS) is 10.7. The van der Waals surface area contributed by atoms with Gasteiger partial charge in [0.15, 0.2) is 5.78 Å². The first kappa shape index (κ1) is 16.9.